The highest BCUT2D eigenvalue weighted by atomic mass is 16.5. The minimum atomic E-state index is -1.09. The lowest BCUT2D eigenvalue weighted by Gasteiger charge is -2.24. The van der Waals surface area contributed by atoms with E-state index in [0.29, 0.717) is 12.5 Å². The molecule has 5 nitrogen and oxygen atoms in total. The summed E-state index contributed by atoms with van der Waals surface area (Å²) in [6.07, 6.45) is 3.45. The summed E-state index contributed by atoms with van der Waals surface area (Å²) in [6, 6.07) is 0.527. The van der Waals surface area contributed by atoms with Gasteiger partial charge in [-0.05, 0) is 46.2 Å². The fourth-order valence-electron chi connectivity index (χ4n) is 2.01. The average molecular weight is 244 g/mol. The third-order valence-corrected chi connectivity index (χ3v) is 3.47. The lowest BCUT2D eigenvalue weighted by Crippen LogP contribution is -2.44. The molecular weight excluding hydrogens is 220 g/mol. The number of carbonyl (C=O) groups is 1. The lowest BCUT2D eigenvalue weighted by molar-refractivity contribution is -0.142. The monoisotopic (exact) mass is 244 g/mol. The van der Waals surface area contributed by atoms with Gasteiger partial charge in [-0.2, -0.15) is 0 Å². The average Bonchev–Trinajstić information content (AvgIpc) is 2.77. The summed E-state index contributed by atoms with van der Waals surface area (Å²) < 4.78 is 5.33. The molecular formula is C12H24N2O3. The van der Waals surface area contributed by atoms with Crippen molar-refractivity contribution in [2.24, 2.45) is 5.73 Å². The first-order valence-corrected chi connectivity index (χ1v) is 6.24. The molecule has 1 aliphatic heterocycles. The Morgan fingerprint density at radius 3 is 2.82 bits per heavy atom. The van der Waals surface area contributed by atoms with E-state index >= 15 is 0 Å². The second-order valence-corrected chi connectivity index (χ2v) is 5.18. The summed E-state index contributed by atoms with van der Waals surface area (Å²) in [6.45, 7) is 4.22. The molecule has 0 aromatic rings. The fraction of sp³-hybridized carbons (Fsp3) is 0.917. The maximum atomic E-state index is 10.8. The predicted octanol–water partition coefficient (Wildman–Crippen LogP) is 0.679. The zero-order chi connectivity index (χ0) is 12.9. The standard InChI is InChI=1S/C12H24N2O3/c1-12(13,11(15)16)6-3-4-7-14(2)10-5-8-17-9-10/h10H,3-9,13H2,1-2H3,(H,15,16). The highest BCUT2D eigenvalue weighted by molar-refractivity contribution is 5.77. The van der Waals surface area contributed by atoms with E-state index in [1.165, 1.54) is 0 Å². The Bertz CT molecular complexity index is 250. The van der Waals surface area contributed by atoms with E-state index in [-0.39, 0.29) is 0 Å². The highest BCUT2D eigenvalue weighted by Crippen LogP contribution is 2.14. The van der Waals surface area contributed by atoms with Gasteiger partial charge in [-0.3, -0.25) is 4.79 Å². The largest absolute Gasteiger partial charge is 0.480 e. The predicted molar refractivity (Wildman–Crippen MR) is 65.9 cm³/mol. The number of unbranched alkanes of at least 4 members (excludes halogenated alkanes) is 1. The number of carboxylic acid groups (broad SMARTS) is 1. The maximum Gasteiger partial charge on any atom is 0.323 e. The van der Waals surface area contributed by atoms with Crippen LogP contribution in [0.5, 0.6) is 0 Å². The third-order valence-electron chi connectivity index (χ3n) is 3.47. The summed E-state index contributed by atoms with van der Waals surface area (Å²) >= 11 is 0. The Hall–Kier alpha value is -0.650. The summed E-state index contributed by atoms with van der Waals surface area (Å²) in [5, 5.41) is 8.87. The molecule has 0 amide bonds. The van der Waals surface area contributed by atoms with E-state index in [9.17, 15) is 4.79 Å². The zero-order valence-electron chi connectivity index (χ0n) is 10.8. The molecule has 0 aliphatic carbocycles. The van der Waals surface area contributed by atoms with Crippen LogP contribution in [0.2, 0.25) is 0 Å². The molecule has 0 spiro atoms. The Kier molecular flexibility index (Phi) is 5.36. The number of aliphatic carboxylic acids is 1. The topological polar surface area (TPSA) is 75.8 Å². The van der Waals surface area contributed by atoms with Crippen molar-refractivity contribution in [3.63, 3.8) is 0 Å². The van der Waals surface area contributed by atoms with E-state index in [1.54, 1.807) is 6.92 Å². The van der Waals surface area contributed by atoms with E-state index < -0.39 is 11.5 Å². The molecule has 100 valence electrons. The van der Waals surface area contributed by atoms with Gasteiger partial charge in [0.05, 0.1) is 6.61 Å². The molecule has 2 unspecified atom stereocenters. The summed E-state index contributed by atoms with van der Waals surface area (Å²) in [4.78, 5) is 13.1. The summed E-state index contributed by atoms with van der Waals surface area (Å²) in [7, 11) is 2.10. The van der Waals surface area contributed by atoms with E-state index in [4.69, 9.17) is 15.6 Å². The number of ether oxygens (including phenoxy) is 1. The number of hydrogen-bond donors (Lipinski definition) is 2. The van der Waals surface area contributed by atoms with Crippen molar-refractivity contribution in [2.75, 3.05) is 26.8 Å². The molecule has 1 heterocycles. The lowest BCUT2D eigenvalue weighted by atomic mass is 9.96. The Morgan fingerprint density at radius 1 is 1.59 bits per heavy atom. The second kappa shape index (κ2) is 6.33. The number of hydrogen-bond acceptors (Lipinski definition) is 4. The number of carboxylic acids is 1. The van der Waals surface area contributed by atoms with Gasteiger partial charge in [0.25, 0.3) is 0 Å². The number of nitrogens with zero attached hydrogens (tertiary/aromatic N) is 1. The van der Waals surface area contributed by atoms with Crippen LogP contribution in [0.1, 0.15) is 32.6 Å². The van der Waals surface area contributed by atoms with Crippen molar-refractivity contribution in [3.05, 3.63) is 0 Å². The second-order valence-electron chi connectivity index (χ2n) is 5.18. The van der Waals surface area contributed by atoms with Crippen LogP contribution in [0.25, 0.3) is 0 Å². The molecule has 2 atom stereocenters. The SMILES string of the molecule is CN(CCCCC(C)(N)C(=O)O)C1CCOC1. The van der Waals surface area contributed by atoms with Gasteiger partial charge < -0.3 is 20.5 Å². The summed E-state index contributed by atoms with van der Waals surface area (Å²) in [5.41, 5.74) is 4.58. The van der Waals surface area contributed by atoms with Gasteiger partial charge in [0.1, 0.15) is 5.54 Å². The van der Waals surface area contributed by atoms with Crippen molar-refractivity contribution >= 4 is 5.97 Å². The minimum Gasteiger partial charge on any atom is -0.480 e. The third kappa shape index (κ3) is 4.61. The molecule has 0 radical (unpaired) electrons. The maximum absolute atomic E-state index is 10.8. The van der Waals surface area contributed by atoms with Crippen LogP contribution in [0.3, 0.4) is 0 Å². The van der Waals surface area contributed by atoms with Crippen LogP contribution in [-0.2, 0) is 9.53 Å². The molecule has 1 rings (SSSR count). The van der Waals surface area contributed by atoms with Gasteiger partial charge >= 0.3 is 5.97 Å². The van der Waals surface area contributed by atoms with E-state index in [2.05, 4.69) is 11.9 Å². The molecule has 1 fully saturated rings. The van der Waals surface area contributed by atoms with Crippen molar-refractivity contribution in [3.8, 4) is 0 Å². The molecule has 0 saturated carbocycles. The van der Waals surface area contributed by atoms with Crippen molar-refractivity contribution < 1.29 is 14.6 Å². The van der Waals surface area contributed by atoms with Gasteiger partial charge in [0, 0.05) is 12.6 Å². The minimum absolute atomic E-state index is 0.525. The summed E-state index contributed by atoms with van der Waals surface area (Å²) in [5.74, 6) is -0.921. The van der Waals surface area contributed by atoms with Crippen molar-refractivity contribution in [1.82, 2.24) is 4.90 Å². The van der Waals surface area contributed by atoms with Crippen LogP contribution in [0.4, 0.5) is 0 Å². The smallest absolute Gasteiger partial charge is 0.323 e. The molecule has 0 aromatic carbocycles. The van der Waals surface area contributed by atoms with Crippen LogP contribution in [-0.4, -0.2) is 54.4 Å². The molecule has 0 aromatic heterocycles. The Balaban J connectivity index is 2.13. The molecule has 0 bridgehead atoms. The van der Waals surface area contributed by atoms with Gasteiger partial charge in [0.2, 0.25) is 0 Å². The molecule has 3 N–H and O–H groups in total. The van der Waals surface area contributed by atoms with Gasteiger partial charge in [-0.15, -0.1) is 0 Å². The molecule has 17 heavy (non-hydrogen) atoms. The Morgan fingerprint density at radius 2 is 2.29 bits per heavy atom. The quantitative estimate of drug-likeness (QED) is 0.644. The normalized spacial score (nSPS) is 23.9. The first-order chi connectivity index (χ1) is 7.93. The van der Waals surface area contributed by atoms with E-state index in [0.717, 1.165) is 39.0 Å². The van der Waals surface area contributed by atoms with E-state index in [1.807, 2.05) is 0 Å². The number of likely N-dealkylation sites (N-methyl/N-ethyl adjacent to an activating group) is 1. The highest BCUT2D eigenvalue weighted by Gasteiger charge is 2.27. The zero-order valence-corrected chi connectivity index (χ0v) is 10.8. The van der Waals surface area contributed by atoms with Crippen molar-refractivity contribution in [1.29, 1.82) is 0 Å². The van der Waals surface area contributed by atoms with Crippen LogP contribution in [0.15, 0.2) is 0 Å². The van der Waals surface area contributed by atoms with Crippen molar-refractivity contribution in [2.45, 2.75) is 44.2 Å². The first kappa shape index (κ1) is 14.4. The molecule has 1 saturated heterocycles. The fourth-order valence-corrected chi connectivity index (χ4v) is 2.01. The van der Waals surface area contributed by atoms with Crippen LogP contribution in [0, 0.1) is 0 Å². The number of nitrogens with two attached hydrogens (primary N) is 1. The first-order valence-electron chi connectivity index (χ1n) is 6.24. The van der Waals surface area contributed by atoms with Gasteiger partial charge in [-0.1, -0.05) is 0 Å². The van der Waals surface area contributed by atoms with Crippen LogP contribution >= 0.6 is 0 Å². The Labute approximate surface area is 103 Å². The van der Waals surface area contributed by atoms with Gasteiger partial charge in [-0.25, -0.2) is 0 Å². The molecule has 5 heteroatoms. The van der Waals surface area contributed by atoms with Gasteiger partial charge in [0.15, 0.2) is 0 Å². The van der Waals surface area contributed by atoms with Crippen LogP contribution < -0.4 is 5.73 Å². The molecule has 1 aliphatic rings. The number of rotatable bonds is 7.